The van der Waals surface area contributed by atoms with Gasteiger partial charge in [-0.05, 0) is 33.6 Å². The van der Waals surface area contributed by atoms with Gasteiger partial charge in [-0.2, -0.15) is 11.8 Å². The molecule has 2 heterocycles. The van der Waals surface area contributed by atoms with E-state index in [4.69, 9.17) is 16.3 Å². The Morgan fingerprint density at radius 1 is 1.62 bits per heavy atom. The number of aromatic nitrogens is 1. The summed E-state index contributed by atoms with van der Waals surface area (Å²) in [6.45, 7) is 7.24. The number of thioether (sulfide) groups is 1. The zero-order chi connectivity index (χ0) is 15.5. The molecule has 0 saturated carbocycles. The summed E-state index contributed by atoms with van der Waals surface area (Å²) in [5.74, 6) is 0.900. The summed E-state index contributed by atoms with van der Waals surface area (Å²) >= 11 is 9.22. The van der Waals surface area contributed by atoms with Crippen molar-refractivity contribution >= 4 is 40.8 Å². The third kappa shape index (κ3) is 5.68. The molecule has 1 aromatic rings. The van der Waals surface area contributed by atoms with Crippen LogP contribution in [0.2, 0.25) is 4.47 Å². The van der Waals surface area contributed by atoms with Crippen LogP contribution in [0, 0.1) is 0 Å². The number of hydrogen-bond donors (Lipinski definition) is 0. The van der Waals surface area contributed by atoms with Crippen molar-refractivity contribution in [1.82, 2.24) is 9.88 Å². The average molecular weight is 349 g/mol. The topological polar surface area (TPSA) is 42.4 Å². The van der Waals surface area contributed by atoms with Gasteiger partial charge in [0.25, 0.3) is 0 Å². The van der Waals surface area contributed by atoms with Crippen LogP contribution in [-0.4, -0.2) is 39.9 Å². The van der Waals surface area contributed by atoms with Crippen molar-refractivity contribution in [2.45, 2.75) is 50.2 Å². The summed E-state index contributed by atoms with van der Waals surface area (Å²) < 4.78 is 6.03. The van der Waals surface area contributed by atoms with Gasteiger partial charge >= 0.3 is 6.09 Å². The van der Waals surface area contributed by atoms with Crippen LogP contribution >= 0.6 is 34.7 Å². The van der Waals surface area contributed by atoms with Crippen molar-refractivity contribution < 1.29 is 9.53 Å². The van der Waals surface area contributed by atoms with E-state index in [9.17, 15) is 4.79 Å². The maximum absolute atomic E-state index is 12.1. The van der Waals surface area contributed by atoms with E-state index in [-0.39, 0.29) is 6.09 Å². The largest absolute Gasteiger partial charge is 0.444 e. The second-order valence-corrected chi connectivity index (χ2v) is 9.07. The van der Waals surface area contributed by atoms with Crippen LogP contribution in [0.15, 0.2) is 6.20 Å². The van der Waals surface area contributed by atoms with Gasteiger partial charge in [0.2, 0.25) is 0 Å². The molecule has 7 heteroatoms. The van der Waals surface area contributed by atoms with Gasteiger partial charge in [0.05, 0.1) is 0 Å². The van der Waals surface area contributed by atoms with Gasteiger partial charge in [0.1, 0.15) is 5.60 Å². The molecule has 0 spiro atoms. The van der Waals surface area contributed by atoms with Crippen molar-refractivity contribution in [3.05, 3.63) is 15.5 Å². The second kappa shape index (κ2) is 7.20. The van der Waals surface area contributed by atoms with Gasteiger partial charge in [-0.15, -0.1) is 11.3 Å². The number of piperidine rings is 1. The number of halogens is 1. The Morgan fingerprint density at radius 2 is 2.38 bits per heavy atom. The fourth-order valence-corrected chi connectivity index (χ4v) is 4.42. The first-order valence-electron chi connectivity index (χ1n) is 7.03. The standard InChI is InChI=1S/C14H21ClN2O2S2/c1-14(2,3)19-13(18)17-6-4-5-10(8-17)20-9-11-7-16-12(15)21-11/h7,10H,4-6,8-9H2,1-3H3/t10-/m0/s1. The Kier molecular flexibility index (Phi) is 5.80. The smallest absolute Gasteiger partial charge is 0.410 e. The Morgan fingerprint density at radius 3 is 3.00 bits per heavy atom. The SMILES string of the molecule is CC(C)(C)OC(=O)N1CCC[C@H](SCc2cnc(Cl)s2)C1. The zero-order valence-electron chi connectivity index (χ0n) is 12.6. The fraction of sp³-hybridized carbons (Fsp3) is 0.714. The number of nitrogens with zero attached hydrogens (tertiary/aromatic N) is 2. The molecule has 1 aromatic heterocycles. The first kappa shape index (κ1) is 16.9. The lowest BCUT2D eigenvalue weighted by atomic mass is 10.1. The van der Waals surface area contributed by atoms with Crippen LogP contribution in [0.1, 0.15) is 38.5 Å². The maximum Gasteiger partial charge on any atom is 0.410 e. The number of ether oxygens (including phenoxy) is 1. The molecular weight excluding hydrogens is 328 g/mol. The Hall–Kier alpha value is -0.460. The molecule has 1 atom stereocenters. The molecule has 118 valence electrons. The lowest BCUT2D eigenvalue weighted by Crippen LogP contribution is -2.43. The second-order valence-electron chi connectivity index (χ2n) is 6.08. The molecule has 1 aliphatic heterocycles. The summed E-state index contributed by atoms with van der Waals surface area (Å²) in [6, 6.07) is 0. The number of carbonyl (C=O) groups excluding carboxylic acids is 1. The van der Waals surface area contributed by atoms with Crippen LogP contribution in [0.3, 0.4) is 0 Å². The normalized spacial score (nSPS) is 19.6. The van der Waals surface area contributed by atoms with Crippen LogP contribution < -0.4 is 0 Å². The number of thiazole rings is 1. The van der Waals surface area contributed by atoms with Crippen molar-refractivity contribution in [3.8, 4) is 0 Å². The molecule has 1 aliphatic rings. The number of hydrogen-bond acceptors (Lipinski definition) is 5. The average Bonchev–Trinajstić information content (AvgIpc) is 2.81. The van der Waals surface area contributed by atoms with Crippen molar-refractivity contribution in [2.24, 2.45) is 0 Å². The van der Waals surface area contributed by atoms with E-state index in [1.165, 1.54) is 16.2 Å². The summed E-state index contributed by atoms with van der Waals surface area (Å²) in [6.07, 6.45) is 3.79. The molecule has 4 nitrogen and oxygen atoms in total. The highest BCUT2D eigenvalue weighted by molar-refractivity contribution is 7.99. The molecule has 0 radical (unpaired) electrons. The highest BCUT2D eigenvalue weighted by atomic mass is 35.5. The van der Waals surface area contributed by atoms with E-state index >= 15 is 0 Å². The quantitative estimate of drug-likeness (QED) is 0.810. The molecular formula is C14H21ClN2O2S2. The van der Waals surface area contributed by atoms with E-state index in [2.05, 4.69) is 4.98 Å². The predicted molar refractivity (Wildman–Crippen MR) is 89.2 cm³/mol. The Balaban J connectivity index is 1.81. The third-order valence-electron chi connectivity index (χ3n) is 3.02. The van der Waals surface area contributed by atoms with E-state index < -0.39 is 5.60 Å². The fourth-order valence-electron chi connectivity index (χ4n) is 2.12. The lowest BCUT2D eigenvalue weighted by Gasteiger charge is -2.33. The van der Waals surface area contributed by atoms with Gasteiger partial charge in [0, 0.05) is 35.2 Å². The molecule has 0 N–H and O–H groups in total. The molecule has 0 unspecified atom stereocenters. The van der Waals surface area contributed by atoms with Gasteiger partial charge in [-0.25, -0.2) is 9.78 Å². The molecule has 1 saturated heterocycles. The summed E-state index contributed by atoms with van der Waals surface area (Å²) in [7, 11) is 0. The maximum atomic E-state index is 12.1. The van der Waals surface area contributed by atoms with E-state index in [1.807, 2.05) is 43.6 Å². The number of carbonyl (C=O) groups is 1. The third-order valence-corrected chi connectivity index (χ3v) is 5.65. The summed E-state index contributed by atoms with van der Waals surface area (Å²) in [5.41, 5.74) is -0.434. The van der Waals surface area contributed by atoms with Crippen LogP contribution in [0.4, 0.5) is 4.79 Å². The predicted octanol–water partition coefficient (Wildman–Crippen LogP) is 4.43. The number of rotatable bonds is 3. The lowest BCUT2D eigenvalue weighted by molar-refractivity contribution is 0.0220. The van der Waals surface area contributed by atoms with E-state index in [0.717, 1.165) is 31.7 Å². The van der Waals surface area contributed by atoms with Gasteiger partial charge in [-0.1, -0.05) is 11.6 Å². The minimum absolute atomic E-state index is 0.200. The molecule has 0 aliphatic carbocycles. The zero-order valence-corrected chi connectivity index (χ0v) is 15.0. The van der Waals surface area contributed by atoms with Crippen molar-refractivity contribution in [3.63, 3.8) is 0 Å². The van der Waals surface area contributed by atoms with Gasteiger partial charge in [-0.3, -0.25) is 0 Å². The molecule has 1 fully saturated rings. The Bertz CT molecular complexity index is 488. The van der Waals surface area contributed by atoms with Gasteiger partial charge < -0.3 is 9.64 Å². The summed E-state index contributed by atoms with van der Waals surface area (Å²) in [4.78, 5) is 19.2. The number of amides is 1. The van der Waals surface area contributed by atoms with Crippen molar-refractivity contribution in [2.75, 3.05) is 13.1 Å². The monoisotopic (exact) mass is 348 g/mol. The summed E-state index contributed by atoms with van der Waals surface area (Å²) in [5, 5.41) is 0.451. The first-order chi connectivity index (χ1) is 9.83. The van der Waals surface area contributed by atoms with Gasteiger partial charge in [0.15, 0.2) is 4.47 Å². The molecule has 0 aromatic carbocycles. The first-order valence-corrected chi connectivity index (χ1v) is 9.27. The minimum Gasteiger partial charge on any atom is -0.444 e. The Labute approximate surface area is 139 Å². The number of likely N-dealkylation sites (tertiary alicyclic amines) is 1. The van der Waals surface area contributed by atoms with E-state index in [0.29, 0.717) is 9.72 Å². The van der Waals surface area contributed by atoms with Crippen LogP contribution in [-0.2, 0) is 10.5 Å². The molecule has 21 heavy (non-hydrogen) atoms. The highest BCUT2D eigenvalue weighted by Gasteiger charge is 2.27. The van der Waals surface area contributed by atoms with Crippen LogP contribution in [0.5, 0.6) is 0 Å². The molecule has 1 amide bonds. The highest BCUT2D eigenvalue weighted by Crippen LogP contribution is 2.29. The van der Waals surface area contributed by atoms with E-state index in [1.54, 1.807) is 0 Å². The minimum atomic E-state index is -0.434. The van der Waals surface area contributed by atoms with Crippen LogP contribution in [0.25, 0.3) is 0 Å². The molecule has 2 rings (SSSR count). The van der Waals surface area contributed by atoms with Crippen molar-refractivity contribution in [1.29, 1.82) is 0 Å². The molecule has 0 bridgehead atoms.